The number of Topliss-reactive ketones (excluding diaryl/α,β-unsaturated/α-hetero) is 1. The largest absolute Gasteiger partial charge is 0.488 e. The molecule has 0 bridgehead atoms. The van der Waals surface area contributed by atoms with Gasteiger partial charge in [-0.25, -0.2) is 0 Å². The SMILES string of the molecule is O=C1/C(=C/c2ccccc2)COc2ccc(Br)cc21. The highest BCUT2D eigenvalue weighted by Crippen LogP contribution is 2.30. The lowest BCUT2D eigenvalue weighted by atomic mass is 9.98. The molecule has 3 heteroatoms. The van der Waals surface area contributed by atoms with Crippen molar-refractivity contribution in [3.8, 4) is 5.75 Å². The van der Waals surface area contributed by atoms with Crippen molar-refractivity contribution in [1.82, 2.24) is 0 Å². The Kier molecular flexibility index (Phi) is 3.22. The zero-order valence-electron chi connectivity index (χ0n) is 10.1. The van der Waals surface area contributed by atoms with E-state index in [0.29, 0.717) is 23.5 Å². The van der Waals surface area contributed by atoms with Crippen molar-refractivity contribution in [1.29, 1.82) is 0 Å². The third kappa shape index (κ3) is 2.47. The summed E-state index contributed by atoms with van der Waals surface area (Å²) >= 11 is 3.38. The van der Waals surface area contributed by atoms with Crippen LogP contribution in [0.3, 0.4) is 0 Å². The molecule has 3 rings (SSSR count). The third-order valence-corrected chi connectivity index (χ3v) is 3.49. The molecule has 2 aromatic rings. The van der Waals surface area contributed by atoms with Gasteiger partial charge < -0.3 is 4.74 Å². The number of halogens is 1. The standard InChI is InChI=1S/C16H11BrO2/c17-13-6-7-15-14(9-13)16(18)12(10-19-15)8-11-4-2-1-3-5-11/h1-9H,10H2/b12-8+. The fourth-order valence-electron chi connectivity index (χ4n) is 2.06. The van der Waals surface area contributed by atoms with Gasteiger partial charge in [-0.1, -0.05) is 46.3 Å². The molecule has 0 atom stereocenters. The molecule has 2 nitrogen and oxygen atoms in total. The average Bonchev–Trinajstić information content (AvgIpc) is 2.44. The molecule has 0 saturated heterocycles. The zero-order valence-corrected chi connectivity index (χ0v) is 11.7. The number of hydrogen-bond acceptors (Lipinski definition) is 2. The van der Waals surface area contributed by atoms with Gasteiger partial charge in [-0.15, -0.1) is 0 Å². The van der Waals surface area contributed by atoms with Crippen LogP contribution >= 0.6 is 15.9 Å². The summed E-state index contributed by atoms with van der Waals surface area (Å²) in [5.41, 5.74) is 2.30. The first-order valence-electron chi connectivity index (χ1n) is 5.97. The minimum Gasteiger partial charge on any atom is -0.488 e. The van der Waals surface area contributed by atoms with Gasteiger partial charge in [-0.3, -0.25) is 4.79 Å². The number of hydrogen-bond donors (Lipinski definition) is 0. The van der Waals surface area contributed by atoms with E-state index in [-0.39, 0.29) is 5.78 Å². The lowest BCUT2D eigenvalue weighted by Crippen LogP contribution is -2.18. The number of carbonyl (C=O) groups is 1. The van der Waals surface area contributed by atoms with Gasteiger partial charge in [0.25, 0.3) is 0 Å². The molecule has 0 saturated carbocycles. The Balaban J connectivity index is 2.00. The van der Waals surface area contributed by atoms with Crippen LogP contribution in [-0.4, -0.2) is 12.4 Å². The summed E-state index contributed by atoms with van der Waals surface area (Å²) in [5.74, 6) is 0.685. The lowest BCUT2D eigenvalue weighted by molar-refractivity contribution is 0.100. The van der Waals surface area contributed by atoms with Gasteiger partial charge in [0.2, 0.25) is 0 Å². The van der Waals surface area contributed by atoms with Crippen molar-refractivity contribution >= 4 is 27.8 Å². The van der Waals surface area contributed by atoms with Crippen molar-refractivity contribution in [3.05, 3.63) is 69.7 Å². The van der Waals surface area contributed by atoms with Crippen LogP contribution < -0.4 is 4.74 Å². The number of ketones is 1. The summed E-state index contributed by atoms with van der Waals surface area (Å²) in [4.78, 5) is 12.4. The normalized spacial score (nSPS) is 16.1. The van der Waals surface area contributed by atoms with Crippen LogP contribution in [0.15, 0.2) is 58.6 Å². The Hall–Kier alpha value is -1.87. The highest BCUT2D eigenvalue weighted by molar-refractivity contribution is 9.10. The summed E-state index contributed by atoms with van der Waals surface area (Å²) in [5, 5.41) is 0. The van der Waals surface area contributed by atoms with E-state index in [0.717, 1.165) is 10.0 Å². The molecular weight excluding hydrogens is 304 g/mol. The lowest BCUT2D eigenvalue weighted by Gasteiger charge is -2.19. The number of rotatable bonds is 1. The van der Waals surface area contributed by atoms with Crippen LogP contribution in [0.2, 0.25) is 0 Å². The van der Waals surface area contributed by atoms with Crippen molar-refractivity contribution in [2.75, 3.05) is 6.61 Å². The molecule has 94 valence electrons. The maximum absolute atomic E-state index is 12.4. The van der Waals surface area contributed by atoms with Crippen molar-refractivity contribution in [3.63, 3.8) is 0 Å². The summed E-state index contributed by atoms with van der Waals surface area (Å²) in [7, 11) is 0. The molecule has 1 aliphatic heterocycles. The highest BCUT2D eigenvalue weighted by Gasteiger charge is 2.23. The van der Waals surface area contributed by atoms with Crippen LogP contribution in [0.4, 0.5) is 0 Å². The fraction of sp³-hybridized carbons (Fsp3) is 0.0625. The Morgan fingerprint density at radius 2 is 1.89 bits per heavy atom. The maximum Gasteiger partial charge on any atom is 0.196 e. The Morgan fingerprint density at radius 1 is 1.11 bits per heavy atom. The molecule has 1 aliphatic rings. The van der Waals surface area contributed by atoms with Gasteiger partial charge in [-0.2, -0.15) is 0 Å². The van der Waals surface area contributed by atoms with Crippen LogP contribution in [0.25, 0.3) is 6.08 Å². The van der Waals surface area contributed by atoms with Crippen LogP contribution in [0.5, 0.6) is 5.75 Å². The third-order valence-electron chi connectivity index (χ3n) is 3.00. The first kappa shape index (κ1) is 12.2. The van der Waals surface area contributed by atoms with Crippen molar-refractivity contribution < 1.29 is 9.53 Å². The zero-order chi connectivity index (χ0) is 13.2. The molecule has 19 heavy (non-hydrogen) atoms. The molecule has 0 aromatic heterocycles. The summed E-state index contributed by atoms with van der Waals surface area (Å²) in [6, 6.07) is 15.3. The minimum absolute atomic E-state index is 0.0337. The number of benzene rings is 2. The van der Waals surface area contributed by atoms with E-state index < -0.39 is 0 Å². The Bertz CT molecular complexity index is 660. The smallest absolute Gasteiger partial charge is 0.196 e. The summed E-state index contributed by atoms with van der Waals surface area (Å²) in [6.07, 6.45) is 1.88. The topological polar surface area (TPSA) is 26.3 Å². The second-order valence-electron chi connectivity index (χ2n) is 4.34. The second-order valence-corrected chi connectivity index (χ2v) is 5.25. The highest BCUT2D eigenvalue weighted by atomic mass is 79.9. The maximum atomic E-state index is 12.4. The van der Waals surface area contributed by atoms with Crippen LogP contribution in [0.1, 0.15) is 15.9 Å². The van der Waals surface area contributed by atoms with E-state index in [1.54, 1.807) is 6.07 Å². The predicted octanol–water partition coefficient (Wildman–Crippen LogP) is 4.11. The van der Waals surface area contributed by atoms with Gasteiger partial charge >= 0.3 is 0 Å². The van der Waals surface area contributed by atoms with E-state index in [9.17, 15) is 4.79 Å². The molecule has 0 radical (unpaired) electrons. The summed E-state index contributed by atoms with van der Waals surface area (Å²) < 4.78 is 6.50. The predicted molar refractivity (Wildman–Crippen MR) is 78.4 cm³/mol. The average molecular weight is 315 g/mol. The molecule has 2 aromatic carbocycles. The quantitative estimate of drug-likeness (QED) is 0.740. The Morgan fingerprint density at radius 3 is 2.68 bits per heavy atom. The van der Waals surface area contributed by atoms with Gasteiger partial charge in [0.05, 0.1) is 5.56 Å². The molecule has 0 spiro atoms. The number of fused-ring (bicyclic) bond motifs is 1. The number of carbonyl (C=O) groups excluding carboxylic acids is 1. The van der Waals surface area contributed by atoms with Crippen LogP contribution in [-0.2, 0) is 0 Å². The van der Waals surface area contributed by atoms with Crippen LogP contribution in [0, 0.1) is 0 Å². The summed E-state index contributed by atoms with van der Waals surface area (Å²) in [6.45, 7) is 0.322. The molecule has 1 heterocycles. The minimum atomic E-state index is 0.0337. The molecule has 0 fully saturated rings. The molecule has 0 N–H and O–H groups in total. The first-order valence-corrected chi connectivity index (χ1v) is 6.76. The molecule has 0 amide bonds. The monoisotopic (exact) mass is 314 g/mol. The van der Waals surface area contributed by atoms with Crippen molar-refractivity contribution in [2.24, 2.45) is 0 Å². The second kappa shape index (κ2) is 5.02. The van der Waals surface area contributed by atoms with Gasteiger partial charge in [-0.05, 0) is 29.8 Å². The number of ether oxygens (including phenoxy) is 1. The van der Waals surface area contributed by atoms with E-state index in [2.05, 4.69) is 15.9 Å². The van der Waals surface area contributed by atoms with E-state index in [1.807, 2.05) is 48.5 Å². The molecule has 0 aliphatic carbocycles. The van der Waals surface area contributed by atoms with E-state index in [4.69, 9.17) is 4.74 Å². The molecule has 0 unspecified atom stereocenters. The van der Waals surface area contributed by atoms with Gasteiger partial charge in [0.1, 0.15) is 12.4 Å². The van der Waals surface area contributed by atoms with E-state index in [1.165, 1.54) is 0 Å². The van der Waals surface area contributed by atoms with Gasteiger partial charge in [0, 0.05) is 10.0 Å². The Labute approximate surface area is 119 Å². The van der Waals surface area contributed by atoms with E-state index >= 15 is 0 Å². The van der Waals surface area contributed by atoms with Crippen molar-refractivity contribution in [2.45, 2.75) is 0 Å². The molecular formula is C16H11BrO2. The van der Waals surface area contributed by atoms with Gasteiger partial charge in [0.15, 0.2) is 5.78 Å². The fourth-order valence-corrected chi connectivity index (χ4v) is 2.42. The first-order chi connectivity index (χ1) is 9.24.